The van der Waals surface area contributed by atoms with Gasteiger partial charge < -0.3 is 10.8 Å². The van der Waals surface area contributed by atoms with Gasteiger partial charge in [-0.2, -0.15) is 0 Å². The van der Waals surface area contributed by atoms with Crippen LogP contribution in [0.4, 0.5) is 0 Å². The molecule has 1 saturated carbocycles. The minimum atomic E-state index is 0.0408. The fourth-order valence-corrected chi connectivity index (χ4v) is 4.10. The molecule has 2 nitrogen and oxygen atoms in total. The van der Waals surface area contributed by atoms with Crippen LogP contribution in [0.3, 0.4) is 0 Å². The van der Waals surface area contributed by atoms with Crippen molar-refractivity contribution in [3.05, 3.63) is 27.2 Å². The average molecular weight is 310 g/mol. The number of aryl methyl sites for hydroxylation is 1. The van der Waals surface area contributed by atoms with E-state index >= 15 is 0 Å². The second kappa shape index (κ2) is 4.53. The Kier molecular flexibility index (Phi) is 3.15. The van der Waals surface area contributed by atoms with E-state index in [4.69, 9.17) is 5.73 Å². The highest BCUT2D eigenvalue weighted by atomic mass is 79.9. The van der Waals surface area contributed by atoms with Crippen LogP contribution < -0.4 is 5.73 Å². The predicted molar refractivity (Wildman–Crippen MR) is 77.0 cm³/mol. The van der Waals surface area contributed by atoms with Gasteiger partial charge in [0.1, 0.15) is 5.75 Å². The van der Waals surface area contributed by atoms with E-state index in [1.54, 1.807) is 0 Å². The van der Waals surface area contributed by atoms with Crippen molar-refractivity contribution in [3.8, 4) is 5.75 Å². The molecule has 1 aromatic carbocycles. The maximum absolute atomic E-state index is 10.5. The van der Waals surface area contributed by atoms with Crippen LogP contribution >= 0.6 is 15.9 Å². The molecule has 0 unspecified atom stereocenters. The highest BCUT2D eigenvalue weighted by molar-refractivity contribution is 9.10. The van der Waals surface area contributed by atoms with Gasteiger partial charge in [0, 0.05) is 17.5 Å². The van der Waals surface area contributed by atoms with E-state index in [1.165, 1.54) is 30.4 Å². The topological polar surface area (TPSA) is 46.2 Å². The molecule has 0 heterocycles. The number of rotatable bonds is 2. The number of nitrogens with two attached hydrogens (primary N) is 1. The van der Waals surface area contributed by atoms with Gasteiger partial charge in [0.05, 0.1) is 4.47 Å². The summed E-state index contributed by atoms with van der Waals surface area (Å²) in [5, 5.41) is 10.5. The molecular formula is C15H20BrNO. The number of phenolic OH excluding ortho intramolecular Hbond substituents is 1. The molecule has 3 rings (SSSR count). The van der Waals surface area contributed by atoms with Gasteiger partial charge in [0.2, 0.25) is 0 Å². The highest BCUT2D eigenvalue weighted by Crippen LogP contribution is 2.50. The lowest BCUT2D eigenvalue weighted by molar-refractivity contribution is 0.244. The third-order valence-electron chi connectivity index (χ3n) is 4.83. The number of halogens is 1. The summed E-state index contributed by atoms with van der Waals surface area (Å²) >= 11 is 3.60. The fraction of sp³-hybridized carbons (Fsp3) is 0.600. The van der Waals surface area contributed by atoms with Crippen LogP contribution in [0.15, 0.2) is 10.5 Å². The smallest absolute Gasteiger partial charge is 0.133 e. The van der Waals surface area contributed by atoms with Gasteiger partial charge in [-0.25, -0.2) is 0 Å². The first-order valence-corrected chi connectivity index (χ1v) is 7.71. The van der Waals surface area contributed by atoms with Gasteiger partial charge in [-0.15, -0.1) is 0 Å². The van der Waals surface area contributed by atoms with Gasteiger partial charge in [-0.05, 0) is 65.6 Å². The summed E-state index contributed by atoms with van der Waals surface area (Å²) in [6, 6.07) is 2.24. The SMILES string of the molecule is NCC1(c2cc3c(c(Br)c2O)CCCC3)CCC1. The summed E-state index contributed by atoms with van der Waals surface area (Å²) < 4.78 is 0.925. The molecule has 2 aliphatic carbocycles. The van der Waals surface area contributed by atoms with Crippen LogP contribution in [0.1, 0.15) is 48.8 Å². The normalized spacial score (nSPS) is 21.2. The molecule has 0 aromatic heterocycles. The van der Waals surface area contributed by atoms with Crippen LogP contribution in [0.25, 0.3) is 0 Å². The monoisotopic (exact) mass is 309 g/mol. The van der Waals surface area contributed by atoms with E-state index in [2.05, 4.69) is 22.0 Å². The Balaban J connectivity index is 2.13. The van der Waals surface area contributed by atoms with E-state index in [1.807, 2.05) is 0 Å². The minimum Gasteiger partial charge on any atom is -0.506 e. The van der Waals surface area contributed by atoms with Crippen molar-refractivity contribution in [2.24, 2.45) is 5.73 Å². The maximum Gasteiger partial charge on any atom is 0.133 e. The van der Waals surface area contributed by atoms with Crippen molar-refractivity contribution in [2.75, 3.05) is 6.54 Å². The molecule has 3 heteroatoms. The third-order valence-corrected chi connectivity index (χ3v) is 5.68. The summed E-state index contributed by atoms with van der Waals surface area (Å²) in [6.07, 6.45) is 8.17. The number of aromatic hydroxyl groups is 1. The summed E-state index contributed by atoms with van der Waals surface area (Å²) in [4.78, 5) is 0. The largest absolute Gasteiger partial charge is 0.506 e. The zero-order valence-electron chi connectivity index (χ0n) is 10.6. The zero-order valence-corrected chi connectivity index (χ0v) is 12.2. The molecule has 2 aliphatic rings. The van der Waals surface area contributed by atoms with Gasteiger partial charge in [-0.3, -0.25) is 0 Å². The van der Waals surface area contributed by atoms with Crippen LogP contribution in [0, 0.1) is 0 Å². The molecule has 0 saturated heterocycles. The molecule has 0 aliphatic heterocycles. The summed E-state index contributed by atoms with van der Waals surface area (Å²) in [6.45, 7) is 0.645. The van der Waals surface area contributed by atoms with Crippen LogP contribution in [-0.2, 0) is 18.3 Å². The Labute approximate surface area is 117 Å². The second-order valence-electron chi connectivity index (χ2n) is 5.77. The minimum absolute atomic E-state index is 0.0408. The molecule has 18 heavy (non-hydrogen) atoms. The van der Waals surface area contributed by atoms with Crippen LogP contribution in [0.2, 0.25) is 0 Å². The lowest BCUT2D eigenvalue weighted by Crippen LogP contribution is -2.41. The highest BCUT2D eigenvalue weighted by Gasteiger charge is 2.40. The standard InChI is InChI=1S/C15H20BrNO/c16-13-11-5-2-1-4-10(11)8-12(14(13)18)15(9-17)6-3-7-15/h8,18H,1-7,9,17H2. The van der Waals surface area contributed by atoms with Crippen LogP contribution in [-0.4, -0.2) is 11.7 Å². The lowest BCUT2D eigenvalue weighted by Gasteiger charge is -2.42. The molecule has 0 radical (unpaired) electrons. The van der Waals surface area contributed by atoms with E-state index in [-0.39, 0.29) is 5.41 Å². The number of hydrogen-bond donors (Lipinski definition) is 2. The zero-order chi connectivity index (χ0) is 12.8. The lowest BCUT2D eigenvalue weighted by atomic mass is 9.63. The molecule has 1 aromatic rings. The molecule has 0 atom stereocenters. The second-order valence-corrected chi connectivity index (χ2v) is 6.56. The molecule has 0 bridgehead atoms. The van der Waals surface area contributed by atoms with Gasteiger partial charge in [-0.1, -0.05) is 12.5 Å². The van der Waals surface area contributed by atoms with Crippen molar-refractivity contribution in [2.45, 2.75) is 50.4 Å². The summed E-state index contributed by atoms with van der Waals surface area (Å²) in [5.74, 6) is 0.445. The van der Waals surface area contributed by atoms with Crippen molar-refractivity contribution in [3.63, 3.8) is 0 Å². The Bertz CT molecular complexity index is 474. The first-order valence-electron chi connectivity index (χ1n) is 6.92. The molecular weight excluding hydrogens is 290 g/mol. The first-order chi connectivity index (χ1) is 8.68. The predicted octanol–water partition coefficient (Wildman–Crippen LogP) is 3.41. The number of fused-ring (bicyclic) bond motifs is 1. The number of benzene rings is 1. The first kappa shape index (κ1) is 12.5. The Morgan fingerprint density at radius 1 is 1.22 bits per heavy atom. The van der Waals surface area contributed by atoms with Crippen molar-refractivity contribution < 1.29 is 5.11 Å². The number of phenols is 1. The van der Waals surface area contributed by atoms with Gasteiger partial charge >= 0.3 is 0 Å². The molecule has 0 spiro atoms. The quantitative estimate of drug-likeness (QED) is 0.879. The number of hydrogen-bond acceptors (Lipinski definition) is 2. The van der Waals surface area contributed by atoms with E-state index in [0.717, 1.165) is 35.7 Å². The molecule has 0 amide bonds. The Morgan fingerprint density at radius 3 is 2.56 bits per heavy atom. The van der Waals surface area contributed by atoms with E-state index in [9.17, 15) is 5.11 Å². The maximum atomic E-state index is 10.5. The van der Waals surface area contributed by atoms with Crippen molar-refractivity contribution in [1.29, 1.82) is 0 Å². The van der Waals surface area contributed by atoms with Crippen LogP contribution in [0.5, 0.6) is 5.75 Å². The van der Waals surface area contributed by atoms with Gasteiger partial charge in [0.15, 0.2) is 0 Å². The van der Waals surface area contributed by atoms with E-state index in [0.29, 0.717) is 12.3 Å². The van der Waals surface area contributed by atoms with Gasteiger partial charge in [0.25, 0.3) is 0 Å². The molecule has 3 N–H and O–H groups in total. The van der Waals surface area contributed by atoms with E-state index < -0.39 is 0 Å². The third kappa shape index (κ3) is 1.71. The average Bonchev–Trinajstić information content (AvgIpc) is 2.35. The molecule has 1 fully saturated rings. The molecule has 98 valence electrons. The van der Waals surface area contributed by atoms with Crippen molar-refractivity contribution in [1.82, 2.24) is 0 Å². The summed E-state index contributed by atoms with van der Waals surface area (Å²) in [5.41, 5.74) is 9.83. The summed E-state index contributed by atoms with van der Waals surface area (Å²) in [7, 11) is 0. The van der Waals surface area contributed by atoms with Crippen molar-refractivity contribution >= 4 is 15.9 Å². The Morgan fingerprint density at radius 2 is 1.94 bits per heavy atom. The fourth-order valence-electron chi connectivity index (χ4n) is 3.43. The Hall–Kier alpha value is -0.540.